The van der Waals surface area contributed by atoms with Crippen LogP contribution in [0.15, 0.2) is 6.07 Å². The maximum Gasteiger partial charge on any atom is 0.245 e. The van der Waals surface area contributed by atoms with E-state index in [1.165, 1.54) is 0 Å². The molecule has 2 heterocycles. The Balaban J connectivity index is 2.20. The Bertz CT molecular complexity index is 579. The molecule has 0 saturated carbocycles. The number of carbonyl (C=O) groups is 1. The lowest BCUT2D eigenvalue weighted by Gasteiger charge is -2.22. The Hall–Kier alpha value is -2.09. The molecule has 8 nitrogen and oxygen atoms in total. The summed E-state index contributed by atoms with van der Waals surface area (Å²) in [5.74, 6) is 1.56. The molecule has 8 heteroatoms. The van der Waals surface area contributed by atoms with Gasteiger partial charge in [-0.2, -0.15) is 9.97 Å². The van der Waals surface area contributed by atoms with Crippen molar-refractivity contribution in [2.24, 2.45) is 11.8 Å². The normalized spacial score (nSPS) is 20.7. The van der Waals surface area contributed by atoms with Crippen LogP contribution in [0.1, 0.15) is 27.7 Å². The van der Waals surface area contributed by atoms with Gasteiger partial charge in [0, 0.05) is 25.1 Å². The summed E-state index contributed by atoms with van der Waals surface area (Å²) in [6.45, 7) is 8.92. The average Bonchev–Trinajstić information content (AvgIpc) is 2.89. The van der Waals surface area contributed by atoms with Crippen LogP contribution in [-0.2, 0) is 4.79 Å². The number of hydrogen-bond donors (Lipinski definition) is 3. The number of amides is 1. The first-order chi connectivity index (χ1) is 11.3. The summed E-state index contributed by atoms with van der Waals surface area (Å²) >= 11 is 0. The van der Waals surface area contributed by atoms with Crippen molar-refractivity contribution in [1.29, 1.82) is 0 Å². The van der Waals surface area contributed by atoms with Crippen molar-refractivity contribution in [3.8, 4) is 5.88 Å². The van der Waals surface area contributed by atoms with E-state index in [1.54, 1.807) is 6.07 Å². The molecule has 2 rings (SSSR count). The molecule has 1 aliphatic rings. The molecule has 1 saturated heterocycles. The van der Waals surface area contributed by atoms with Crippen LogP contribution < -0.4 is 20.7 Å². The van der Waals surface area contributed by atoms with Crippen LogP contribution in [0.4, 0.5) is 11.8 Å². The molecule has 1 aromatic heterocycles. The Morgan fingerprint density at radius 2 is 2.12 bits per heavy atom. The third-order valence-electron chi connectivity index (χ3n) is 4.10. The summed E-state index contributed by atoms with van der Waals surface area (Å²) in [5.41, 5.74) is 5.80. The van der Waals surface area contributed by atoms with Gasteiger partial charge in [0.15, 0.2) is 0 Å². The lowest BCUT2D eigenvalue weighted by molar-refractivity contribution is -0.124. The van der Waals surface area contributed by atoms with Crippen molar-refractivity contribution in [3.63, 3.8) is 0 Å². The summed E-state index contributed by atoms with van der Waals surface area (Å²) in [6.07, 6.45) is -0.00858. The van der Waals surface area contributed by atoms with E-state index in [9.17, 15) is 4.79 Å². The number of ether oxygens (including phenoxy) is 1. The van der Waals surface area contributed by atoms with Crippen molar-refractivity contribution in [1.82, 2.24) is 15.3 Å². The molecule has 1 amide bonds. The van der Waals surface area contributed by atoms with Crippen LogP contribution in [-0.4, -0.2) is 52.8 Å². The molecule has 0 unspecified atom stereocenters. The van der Waals surface area contributed by atoms with Crippen LogP contribution in [0.2, 0.25) is 0 Å². The fraction of sp³-hybridized carbons (Fsp3) is 0.688. The van der Waals surface area contributed by atoms with Gasteiger partial charge in [0.05, 0.1) is 12.1 Å². The van der Waals surface area contributed by atoms with Gasteiger partial charge >= 0.3 is 0 Å². The molecule has 2 atom stereocenters. The first-order valence-corrected chi connectivity index (χ1v) is 8.26. The Morgan fingerprint density at radius 3 is 2.71 bits per heavy atom. The second-order valence-corrected chi connectivity index (χ2v) is 6.73. The maximum absolute atomic E-state index is 11.6. The second-order valence-electron chi connectivity index (χ2n) is 6.73. The minimum atomic E-state index is -0.506. The SMILES string of the molecule is CC(C)Oc1cc(N2C[C@H](NC(=O)CO)[C@@H](C(C)C)C2)nc(N)n1. The molecular weight excluding hydrogens is 310 g/mol. The molecule has 1 aromatic rings. The number of nitrogens with zero attached hydrogens (tertiary/aromatic N) is 3. The van der Waals surface area contributed by atoms with Crippen LogP contribution in [0.3, 0.4) is 0 Å². The number of rotatable bonds is 6. The van der Waals surface area contributed by atoms with E-state index in [2.05, 4.69) is 34.0 Å². The van der Waals surface area contributed by atoms with Crippen molar-refractivity contribution in [3.05, 3.63) is 6.07 Å². The number of nitrogen functional groups attached to an aromatic ring is 1. The second kappa shape index (κ2) is 7.65. The minimum Gasteiger partial charge on any atom is -0.475 e. The number of aliphatic hydroxyl groups is 1. The number of carbonyl (C=O) groups excluding carboxylic acids is 1. The number of aromatic nitrogens is 2. The number of nitrogens with two attached hydrogens (primary N) is 1. The van der Waals surface area contributed by atoms with E-state index < -0.39 is 6.61 Å². The van der Waals surface area contributed by atoms with Crippen LogP contribution in [0, 0.1) is 11.8 Å². The molecule has 0 aliphatic carbocycles. The van der Waals surface area contributed by atoms with Crippen molar-refractivity contribution < 1.29 is 14.6 Å². The van der Waals surface area contributed by atoms with Gasteiger partial charge in [-0.05, 0) is 19.8 Å². The summed E-state index contributed by atoms with van der Waals surface area (Å²) in [5, 5.41) is 11.9. The van der Waals surface area contributed by atoms with E-state index >= 15 is 0 Å². The monoisotopic (exact) mass is 337 g/mol. The van der Waals surface area contributed by atoms with Gasteiger partial charge in [-0.25, -0.2) is 0 Å². The Labute approximate surface area is 142 Å². The first kappa shape index (κ1) is 18.3. The van der Waals surface area contributed by atoms with Gasteiger partial charge in [-0.1, -0.05) is 13.8 Å². The standard InChI is InChI=1S/C16H27N5O3/c1-9(2)11-6-21(7-12(11)18-14(23)8-22)13-5-15(24-10(3)4)20-16(17)19-13/h5,9-12,22H,6-8H2,1-4H3,(H,18,23)(H2,17,19,20)/t11-,12+/m1/s1. The molecular formula is C16H27N5O3. The van der Waals surface area contributed by atoms with Gasteiger partial charge in [0.25, 0.3) is 0 Å². The van der Waals surface area contributed by atoms with Gasteiger partial charge < -0.3 is 25.8 Å². The van der Waals surface area contributed by atoms with Crippen LogP contribution in [0.25, 0.3) is 0 Å². The molecule has 1 fully saturated rings. The highest BCUT2D eigenvalue weighted by Gasteiger charge is 2.36. The van der Waals surface area contributed by atoms with Crippen molar-refractivity contribution >= 4 is 17.7 Å². The molecule has 0 bridgehead atoms. The molecule has 134 valence electrons. The zero-order valence-electron chi connectivity index (χ0n) is 14.7. The number of aliphatic hydroxyl groups excluding tert-OH is 1. The fourth-order valence-electron chi connectivity index (χ4n) is 2.99. The Kier molecular flexibility index (Phi) is 5.82. The van der Waals surface area contributed by atoms with Gasteiger partial charge in [0.1, 0.15) is 12.4 Å². The molecule has 24 heavy (non-hydrogen) atoms. The molecule has 0 spiro atoms. The van der Waals surface area contributed by atoms with E-state index in [1.807, 2.05) is 13.8 Å². The topological polar surface area (TPSA) is 114 Å². The maximum atomic E-state index is 11.6. The highest BCUT2D eigenvalue weighted by Crippen LogP contribution is 2.29. The zero-order valence-corrected chi connectivity index (χ0v) is 14.7. The van der Waals surface area contributed by atoms with E-state index in [0.29, 0.717) is 24.2 Å². The van der Waals surface area contributed by atoms with E-state index in [-0.39, 0.29) is 29.9 Å². The van der Waals surface area contributed by atoms with Gasteiger partial charge in [-0.15, -0.1) is 0 Å². The van der Waals surface area contributed by atoms with Gasteiger partial charge in [0.2, 0.25) is 17.7 Å². The van der Waals surface area contributed by atoms with Crippen LogP contribution in [0.5, 0.6) is 5.88 Å². The van der Waals surface area contributed by atoms with Gasteiger partial charge in [-0.3, -0.25) is 4.79 Å². The lowest BCUT2D eigenvalue weighted by Crippen LogP contribution is -2.43. The first-order valence-electron chi connectivity index (χ1n) is 8.26. The zero-order chi connectivity index (χ0) is 17.9. The Morgan fingerprint density at radius 1 is 1.42 bits per heavy atom. The summed E-state index contributed by atoms with van der Waals surface area (Å²) in [7, 11) is 0. The molecule has 1 aliphatic heterocycles. The summed E-state index contributed by atoms with van der Waals surface area (Å²) < 4.78 is 5.62. The van der Waals surface area contributed by atoms with Crippen molar-refractivity contribution in [2.45, 2.75) is 39.8 Å². The molecule has 0 aromatic carbocycles. The van der Waals surface area contributed by atoms with Crippen molar-refractivity contribution in [2.75, 3.05) is 30.3 Å². The highest BCUT2D eigenvalue weighted by molar-refractivity contribution is 5.77. The number of anilines is 2. The molecule has 4 N–H and O–H groups in total. The smallest absolute Gasteiger partial charge is 0.245 e. The summed E-state index contributed by atoms with van der Waals surface area (Å²) in [6, 6.07) is 1.72. The largest absolute Gasteiger partial charge is 0.475 e. The third-order valence-corrected chi connectivity index (χ3v) is 4.10. The van der Waals surface area contributed by atoms with E-state index in [4.69, 9.17) is 15.6 Å². The molecule has 0 radical (unpaired) electrons. The van der Waals surface area contributed by atoms with E-state index in [0.717, 1.165) is 6.54 Å². The minimum absolute atomic E-state index is 0.00858. The predicted molar refractivity (Wildman–Crippen MR) is 91.8 cm³/mol. The number of hydrogen-bond acceptors (Lipinski definition) is 7. The third kappa shape index (κ3) is 4.47. The predicted octanol–water partition coefficient (Wildman–Crippen LogP) is 0.415. The van der Waals surface area contributed by atoms with Crippen LogP contribution >= 0.6 is 0 Å². The quantitative estimate of drug-likeness (QED) is 0.689. The highest BCUT2D eigenvalue weighted by atomic mass is 16.5. The lowest BCUT2D eigenvalue weighted by atomic mass is 9.91. The average molecular weight is 337 g/mol. The summed E-state index contributed by atoms with van der Waals surface area (Å²) in [4.78, 5) is 22.0. The number of nitrogens with one attached hydrogen (secondary N) is 1. The fourth-order valence-corrected chi connectivity index (χ4v) is 2.99.